The van der Waals surface area contributed by atoms with E-state index < -0.39 is 0 Å². The normalized spacial score (nSPS) is 45.4. The maximum Gasteiger partial charge on any atom is 0.148 e. The fourth-order valence-electron chi connectivity index (χ4n) is 1.38. The van der Waals surface area contributed by atoms with Crippen LogP contribution >= 0.6 is 0 Å². The van der Waals surface area contributed by atoms with Gasteiger partial charge in [-0.1, -0.05) is 0 Å². The molecular weight excluding hydrogens is 132 g/mol. The third kappa shape index (κ3) is 0.954. The zero-order valence-electron chi connectivity index (χ0n) is 5.71. The van der Waals surface area contributed by atoms with Crippen LogP contribution in [0.3, 0.4) is 0 Å². The predicted octanol–water partition coefficient (Wildman–Crippen LogP) is 0.133. The lowest BCUT2D eigenvalue weighted by molar-refractivity contribution is -0.123. The summed E-state index contributed by atoms with van der Waals surface area (Å²) < 4.78 is 10.4. The van der Waals surface area contributed by atoms with Crippen LogP contribution in [0.15, 0.2) is 0 Å². The van der Waals surface area contributed by atoms with E-state index in [-0.39, 0.29) is 11.7 Å². The van der Waals surface area contributed by atoms with Crippen LogP contribution in [0.1, 0.15) is 12.8 Å². The maximum atomic E-state index is 10.3. The molecule has 56 valence electrons. The lowest BCUT2D eigenvalue weighted by atomic mass is 9.97. The van der Waals surface area contributed by atoms with Crippen LogP contribution in [0, 0.1) is 0 Å². The van der Waals surface area contributed by atoms with Crippen molar-refractivity contribution in [1.82, 2.24) is 0 Å². The van der Waals surface area contributed by atoms with Gasteiger partial charge in [-0.05, 0) is 0 Å². The highest BCUT2D eigenvalue weighted by Crippen LogP contribution is 2.38. The van der Waals surface area contributed by atoms with E-state index >= 15 is 0 Å². The molecule has 2 rings (SSSR count). The highest BCUT2D eigenvalue weighted by Gasteiger charge is 2.48. The minimum Gasteiger partial charge on any atom is -0.371 e. The molecule has 2 heterocycles. The van der Waals surface area contributed by atoms with Crippen LogP contribution in [0.25, 0.3) is 0 Å². The summed E-state index contributed by atoms with van der Waals surface area (Å²) in [4.78, 5) is 10.3. The first-order valence-electron chi connectivity index (χ1n) is 3.56. The number of ether oxygens (including phenoxy) is 2. The lowest BCUT2D eigenvalue weighted by Crippen LogP contribution is -2.32. The summed E-state index contributed by atoms with van der Waals surface area (Å²) in [5.41, 5.74) is 0.0455. The minimum atomic E-state index is -0.212. The molecule has 2 aliphatic heterocycles. The van der Waals surface area contributed by atoms with Crippen molar-refractivity contribution >= 4 is 6.29 Å². The molecule has 3 nitrogen and oxygen atoms in total. The number of rotatable bonds is 1. The highest BCUT2D eigenvalue weighted by molar-refractivity contribution is 5.56. The maximum absolute atomic E-state index is 10.3. The van der Waals surface area contributed by atoms with E-state index in [1.807, 2.05) is 0 Å². The van der Waals surface area contributed by atoms with Crippen molar-refractivity contribution in [2.75, 3.05) is 13.2 Å². The van der Waals surface area contributed by atoms with E-state index in [2.05, 4.69) is 0 Å². The lowest BCUT2D eigenvalue weighted by Gasteiger charge is -2.22. The summed E-state index contributed by atoms with van der Waals surface area (Å²) in [6.45, 7) is 1.49. The molecule has 0 aliphatic carbocycles. The second-order valence-corrected chi connectivity index (χ2v) is 2.97. The van der Waals surface area contributed by atoms with Gasteiger partial charge >= 0.3 is 0 Å². The Kier molecular flexibility index (Phi) is 1.28. The number of carbonyl (C=O) groups is 1. The van der Waals surface area contributed by atoms with Gasteiger partial charge in [0.15, 0.2) is 0 Å². The van der Waals surface area contributed by atoms with Crippen molar-refractivity contribution in [2.24, 2.45) is 0 Å². The molecule has 0 bridgehead atoms. The number of aldehydes is 1. The molecule has 2 atom stereocenters. The molecule has 0 aromatic carbocycles. The van der Waals surface area contributed by atoms with Gasteiger partial charge in [0.2, 0.25) is 0 Å². The van der Waals surface area contributed by atoms with Crippen molar-refractivity contribution in [3.05, 3.63) is 0 Å². The first-order valence-corrected chi connectivity index (χ1v) is 3.56. The Bertz CT molecular complexity index is 151. The quantitative estimate of drug-likeness (QED) is 0.386. The SMILES string of the molecule is O=C[C@H]1C[C@]2(CCO1)CO2. The molecule has 3 heteroatoms. The average Bonchev–Trinajstić information content (AvgIpc) is 2.70. The average molecular weight is 142 g/mol. The van der Waals surface area contributed by atoms with Crippen LogP contribution in [-0.4, -0.2) is 31.2 Å². The van der Waals surface area contributed by atoms with Crippen LogP contribution in [0.4, 0.5) is 0 Å². The molecular formula is C7H10O3. The zero-order valence-corrected chi connectivity index (χ0v) is 5.71. The van der Waals surface area contributed by atoms with E-state index in [1.165, 1.54) is 0 Å². The monoisotopic (exact) mass is 142 g/mol. The third-order valence-electron chi connectivity index (χ3n) is 2.17. The highest BCUT2D eigenvalue weighted by atomic mass is 16.6. The molecule has 0 radical (unpaired) electrons. The summed E-state index contributed by atoms with van der Waals surface area (Å²) in [7, 11) is 0. The van der Waals surface area contributed by atoms with Crippen molar-refractivity contribution in [1.29, 1.82) is 0 Å². The topological polar surface area (TPSA) is 38.8 Å². The Morgan fingerprint density at radius 1 is 1.60 bits per heavy atom. The Morgan fingerprint density at radius 3 is 3.00 bits per heavy atom. The van der Waals surface area contributed by atoms with Crippen LogP contribution in [0.5, 0.6) is 0 Å². The number of hydrogen-bond donors (Lipinski definition) is 0. The molecule has 2 saturated heterocycles. The molecule has 0 saturated carbocycles. The second-order valence-electron chi connectivity index (χ2n) is 2.97. The molecule has 1 spiro atoms. The summed E-state index contributed by atoms with van der Waals surface area (Å²) in [6, 6.07) is 0. The Labute approximate surface area is 59.3 Å². The van der Waals surface area contributed by atoms with Crippen molar-refractivity contribution in [2.45, 2.75) is 24.5 Å². The van der Waals surface area contributed by atoms with E-state index in [1.54, 1.807) is 0 Å². The van der Waals surface area contributed by atoms with E-state index in [4.69, 9.17) is 9.47 Å². The van der Waals surface area contributed by atoms with Gasteiger partial charge in [-0.15, -0.1) is 0 Å². The first-order chi connectivity index (χ1) is 4.85. The van der Waals surface area contributed by atoms with Gasteiger partial charge in [0.25, 0.3) is 0 Å². The van der Waals surface area contributed by atoms with Crippen LogP contribution in [-0.2, 0) is 14.3 Å². The van der Waals surface area contributed by atoms with E-state index in [0.717, 1.165) is 25.7 Å². The fourth-order valence-corrected chi connectivity index (χ4v) is 1.38. The summed E-state index contributed by atoms with van der Waals surface area (Å²) in [5, 5.41) is 0. The fraction of sp³-hybridized carbons (Fsp3) is 0.857. The molecule has 0 unspecified atom stereocenters. The Morgan fingerprint density at radius 2 is 2.40 bits per heavy atom. The minimum absolute atomic E-state index is 0.0455. The standard InChI is InChI=1S/C7H10O3/c8-4-6-3-7(5-10-7)1-2-9-6/h4,6H,1-3,5H2/t6-,7-/m1/s1. The molecule has 0 aromatic rings. The molecule has 2 fully saturated rings. The largest absolute Gasteiger partial charge is 0.371 e. The molecule has 0 amide bonds. The van der Waals surface area contributed by atoms with Gasteiger partial charge in [0, 0.05) is 12.8 Å². The zero-order chi connectivity index (χ0) is 7.03. The van der Waals surface area contributed by atoms with Gasteiger partial charge in [0.1, 0.15) is 12.4 Å². The second kappa shape index (κ2) is 2.04. The third-order valence-corrected chi connectivity index (χ3v) is 2.17. The van der Waals surface area contributed by atoms with Crippen LogP contribution < -0.4 is 0 Å². The van der Waals surface area contributed by atoms with Crippen molar-refractivity contribution < 1.29 is 14.3 Å². The summed E-state index contributed by atoms with van der Waals surface area (Å²) in [6.07, 6.45) is 2.37. The van der Waals surface area contributed by atoms with Gasteiger partial charge in [0.05, 0.1) is 18.8 Å². The number of carbonyl (C=O) groups excluding carboxylic acids is 1. The van der Waals surface area contributed by atoms with Gasteiger partial charge in [-0.25, -0.2) is 0 Å². The van der Waals surface area contributed by atoms with Gasteiger partial charge < -0.3 is 14.3 Å². The molecule has 0 N–H and O–H groups in total. The predicted molar refractivity (Wildman–Crippen MR) is 33.7 cm³/mol. The summed E-state index contributed by atoms with van der Waals surface area (Å²) >= 11 is 0. The molecule has 0 aromatic heterocycles. The van der Waals surface area contributed by atoms with E-state index in [9.17, 15) is 4.79 Å². The smallest absolute Gasteiger partial charge is 0.148 e. The number of epoxide rings is 1. The first kappa shape index (κ1) is 6.31. The number of hydrogen-bond acceptors (Lipinski definition) is 3. The van der Waals surface area contributed by atoms with Crippen molar-refractivity contribution in [3.8, 4) is 0 Å². The van der Waals surface area contributed by atoms with E-state index in [0.29, 0.717) is 6.61 Å². The Balaban J connectivity index is 1.97. The summed E-state index contributed by atoms with van der Waals surface area (Å²) in [5.74, 6) is 0. The van der Waals surface area contributed by atoms with Crippen LogP contribution in [0.2, 0.25) is 0 Å². The molecule has 2 aliphatic rings. The molecule has 10 heavy (non-hydrogen) atoms. The van der Waals surface area contributed by atoms with Gasteiger partial charge in [-0.3, -0.25) is 0 Å². The Hall–Kier alpha value is -0.410. The van der Waals surface area contributed by atoms with Gasteiger partial charge in [-0.2, -0.15) is 0 Å². The van der Waals surface area contributed by atoms with Crippen molar-refractivity contribution in [3.63, 3.8) is 0 Å².